The van der Waals surface area contributed by atoms with Crippen molar-refractivity contribution in [1.29, 1.82) is 0 Å². The van der Waals surface area contributed by atoms with Gasteiger partial charge in [-0.25, -0.2) is 8.78 Å². The molecule has 5 nitrogen and oxygen atoms in total. The Kier molecular flexibility index (Phi) is 5.84. The van der Waals surface area contributed by atoms with E-state index in [-0.39, 0.29) is 31.1 Å². The quantitative estimate of drug-likeness (QED) is 0.768. The van der Waals surface area contributed by atoms with Crippen molar-refractivity contribution in [3.8, 4) is 0 Å². The third kappa shape index (κ3) is 5.38. The molecule has 0 saturated carbocycles. The topological polar surface area (TPSA) is 61.4 Å². The molecule has 0 aliphatic carbocycles. The summed E-state index contributed by atoms with van der Waals surface area (Å²) in [6.45, 7) is 0.878. The number of nitrogens with one attached hydrogen (secondary N) is 2. The van der Waals surface area contributed by atoms with Gasteiger partial charge < -0.3 is 15.5 Å². The summed E-state index contributed by atoms with van der Waals surface area (Å²) >= 11 is 0. The van der Waals surface area contributed by atoms with E-state index in [1.165, 1.54) is 4.90 Å². The van der Waals surface area contributed by atoms with Crippen molar-refractivity contribution in [2.24, 2.45) is 0 Å². The molecule has 144 valence electrons. The lowest BCUT2D eigenvalue weighted by Gasteiger charge is -2.26. The summed E-state index contributed by atoms with van der Waals surface area (Å²) in [5.41, 5.74) is -2.09. The van der Waals surface area contributed by atoms with E-state index >= 15 is 0 Å². The van der Waals surface area contributed by atoms with Crippen molar-refractivity contribution >= 4 is 11.8 Å². The molecule has 0 bridgehead atoms. The maximum atomic E-state index is 13.4. The van der Waals surface area contributed by atoms with E-state index in [9.17, 15) is 31.5 Å². The van der Waals surface area contributed by atoms with Crippen molar-refractivity contribution < 1.29 is 31.5 Å². The molecule has 0 aromatic heterocycles. The smallest absolute Gasteiger partial charge is 0.350 e. The number of hydrogen-bond acceptors (Lipinski definition) is 3. The minimum absolute atomic E-state index is 0.101. The first kappa shape index (κ1) is 20.1. The molecule has 2 N–H and O–H groups in total. The highest BCUT2D eigenvalue weighted by Gasteiger charge is 2.34. The van der Waals surface area contributed by atoms with E-state index in [1.807, 2.05) is 0 Å². The van der Waals surface area contributed by atoms with Crippen LogP contribution in [-0.4, -0.2) is 42.9 Å². The fourth-order valence-corrected chi connectivity index (χ4v) is 2.45. The van der Waals surface area contributed by atoms with E-state index in [0.717, 1.165) is 6.07 Å². The molecule has 1 fully saturated rings. The van der Waals surface area contributed by atoms with Gasteiger partial charge in [0.25, 0.3) is 5.92 Å². The Morgan fingerprint density at radius 2 is 1.85 bits per heavy atom. The normalized spacial score (nSPS) is 15.9. The highest BCUT2D eigenvalue weighted by Crippen LogP contribution is 2.35. The molecule has 1 aromatic carbocycles. The lowest BCUT2D eigenvalue weighted by atomic mass is 10.0. The number of piperazine rings is 1. The fraction of sp³-hybridized carbons (Fsp3) is 0.500. The van der Waals surface area contributed by atoms with Crippen LogP contribution in [0, 0.1) is 0 Å². The summed E-state index contributed by atoms with van der Waals surface area (Å²) in [5, 5.41) is 5.19. The van der Waals surface area contributed by atoms with Gasteiger partial charge in [-0.15, -0.1) is 0 Å². The Hall–Kier alpha value is -2.23. The Morgan fingerprint density at radius 1 is 1.19 bits per heavy atom. The van der Waals surface area contributed by atoms with Gasteiger partial charge in [-0.05, 0) is 23.8 Å². The minimum Gasteiger partial charge on any atom is -0.350 e. The number of benzene rings is 1. The molecule has 10 heteroatoms. The zero-order chi connectivity index (χ0) is 19.5. The van der Waals surface area contributed by atoms with E-state index in [0.29, 0.717) is 32.1 Å². The molecule has 1 aromatic rings. The molecule has 1 aliphatic heterocycles. The highest BCUT2D eigenvalue weighted by molar-refractivity contribution is 5.86. The lowest BCUT2D eigenvalue weighted by Crippen LogP contribution is -2.51. The van der Waals surface area contributed by atoms with Crippen LogP contribution >= 0.6 is 0 Å². The van der Waals surface area contributed by atoms with Crippen molar-refractivity contribution in [2.45, 2.75) is 25.6 Å². The number of hydrogen-bond donors (Lipinski definition) is 2. The molecule has 0 spiro atoms. The molecule has 0 unspecified atom stereocenters. The number of alkyl halides is 5. The molecule has 26 heavy (non-hydrogen) atoms. The number of carbonyl (C=O) groups is 2. The molecule has 2 amide bonds. The van der Waals surface area contributed by atoms with Crippen LogP contribution in [-0.2, 0) is 28.2 Å². The lowest BCUT2D eigenvalue weighted by molar-refractivity contribution is -0.138. The average Bonchev–Trinajstić information content (AvgIpc) is 2.53. The first-order valence-corrected chi connectivity index (χ1v) is 7.81. The van der Waals surface area contributed by atoms with E-state index in [2.05, 4.69) is 10.6 Å². The summed E-state index contributed by atoms with van der Waals surface area (Å²) in [6, 6.07) is 2.03. The Bertz CT molecular complexity index is 653. The van der Waals surface area contributed by atoms with Crippen LogP contribution in [0.25, 0.3) is 0 Å². The van der Waals surface area contributed by atoms with Gasteiger partial charge in [0.2, 0.25) is 11.8 Å². The van der Waals surface area contributed by atoms with Crippen LogP contribution in [0.5, 0.6) is 0 Å². The number of rotatable bonds is 5. The number of carbonyl (C=O) groups excluding carboxylic acids is 2. The molecule has 2 rings (SSSR count). The summed E-state index contributed by atoms with van der Waals surface area (Å²) in [4.78, 5) is 24.8. The zero-order valence-electron chi connectivity index (χ0n) is 13.9. The Labute approximate surface area is 146 Å². The van der Waals surface area contributed by atoms with Gasteiger partial charge in [-0.3, -0.25) is 9.59 Å². The van der Waals surface area contributed by atoms with Crippen LogP contribution in [0.15, 0.2) is 18.2 Å². The van der Waals surface area contributed by atoms with Gasteiger partial charge >= 0.3 is 6.18 Å². The van der Waals surface area contributed by atoms with Crippen molar-refractivity contribution in [1.82, 2.24) is 15.5 Å². The summed E-state index contributed by atoms with van der Waals surface area (Å²) in [7, 11) is 0. The third-order valence-corrected chi connectivity index (χ3v) is 3.84. The largest absolute Gasteiger partial charge is 0.416 e. The average molecular weight is 379 g/mol. The predicted octanol–water partition coefficient (Wildman–Crippen LogP) is 1.87. The first-order valence-electron chi connectivity index (χ1n) is 7.81. The van der Waals surface area contributed by atoms with Gasteiger partial charge in [0, 0.05) is 32.1 Å². The van der Waals surface area contributed by atoms with Crippen molar-refractivity contribution in [2.75, 3.05) is 26.2 Å². The minimum atomic E-state index is -4.78. The van der Waals surface area contributed by atoms with Gasteiger partial charge in [0.15, 0.2) is 0 Å². The first-order chi connectivity index (χ1) is 12.0. The second-order valence-electron chi connectivity index (χ2n) is 6.07. The summed E-state index contributed by atoms with van der Waals surface area (Å²) in [5.74, 6) is -4.30. The zero-order valence-corrected chi connectivity index (χ0v) is 13.9. The van der Waals surface area contributed by atoms with Crippen LogP contribution in [0.1, 0.15) is 23.6 Å². The standard InChI is InChI=1S/C16H18F5N3O2/c1-15(17,18)11-4-10(5-12(6-11)16(19,20)21)7-23-13(25)9-24-3-2-22-8-14(24)26/h4-6,22H,2-3,7-9H2,1H3,(H,23,25). The Balaban J connectivity index is 2.08. The molecule has 1 saturated heterocycles. The maximum Gasteiger partial charge on any atom is 0.416 e. The van der Waals surface area contributed by atoms with E-state index < -0.39 is 29.1 Å². The number of halogens is 5. The Morgan fingerprint density at radius 3 is 2.42 bits per heavy atom. The third-order valence-electron chi connectivity index (χ3n) is 3.84. The van der Waals surface area contributed by atoms with Crippen molar-refractivity contribution in [3.05, 3.63) is 34.9 Å². The predicted molar refractivity (Wildman–Crippen MR) is 82.3 cm³/mol. The summed E-state index contributed by atoms with van der Waals surface area (Å²) < 4.78 is 65.6. The molecule has 1 aliphatic rings. The summed E-state index contributed by atoms with van der Waals surface area (Å²) in [6.07, 6.45) is -4.78. The second kappa shape index (κ2) is 7.56. The highest BCUT2D eigenvalue weighted by atomic mass is 19.4. The van der Waals surface area contributed by atoms with Crippen LogP contribution < -0.4 is 10.6 Å². The van der Waals surface area contributed by atoms with Crippen molar-refractivity contribution in [3.63, 3.8) is 0 Å². The SMILES string of the molecule is CC(F)(F)c1cc(CNC(=O)CN2CCNCC2=O)cc(C(F)(F)F)c1. The second-order valence-corrected chi connectivity index (χ2v) is 6.07. The molecule has 0 atom stereocenters. The van der Waals surface area contributed by atoms with Gasteiger partial charge in [0.05, 0.1) is 18.7 Å². The fourth-order valence-electron chi connectivity index (χ4n) is 2.45. The van der Waals surface area contributed by atoms with Crippen LogP contribution in [0.2, 0.25) is 0 Å². The molecule has 1 heterocycles. The number of amides is 2. The number of nitrogens with zero attached hydrogens (tertiary/aromatic N) is 1. The molecule has 0 radical (unpaired) electrons. The monoisotopic (exact) mass is 379 g/mol. The van der Waals surface area contributed by atoms with Crippen LogP contribution in [0.4, 0.5) is 22.0 Å². The van der Waals surface area contributed by atoms with E-state index in [1.54, 1.807) is 0 Å². The van der Waals surface area contributed by atoms with Gasteiger partial charge in [0.1, 0.15) is 0 Å². The van der Waals surface area contributed by atoms with Crippen LogP contribution in [0.3, 0.4) is 0 Å². The van der Waals surface area contributed by atoms with Gasteiger partial charge in [-0.2, -0.15) is 13.2 Å². The molecular formula is C16H18F5N3O2. The van der Waals surface area contributed by atoms with Gasteiger partial charge in [-0.1, -0.05) is 0 Å². The molecular weight excluding hydrogens is 361 g/mol. The van der Waals surface area contributed by atoms with E-state index in [4.69, 9.17) is 0 Å². The maximum absolute atomic E-state index is 13.4.